The predicted octanol–water partition coefficient (Wildman–Crippen LogP) is 2.89. The molecule has 2 aromatic carbocycles. The number of anilines is 1. The van der Waals surface area contributed by atoms with Gasteiger partial charge in [-0.2, -0.15) is 0 Å². The number of hydrogen-bond donors (Lipinski definition) is 1. The van der Waals surface area contributed by atoms with Crippen molar-refractivity contribution in [1.29, 1.82) is 0 Å². The van der Waals surface area contributed by atoms with Gasteiger partial charge >= 0.3 is 0 Å². The van der Waals surface area contributed by atoms with Crippen LogP contribution in [0.2, 0.25) is 0 Å². The summed E-state index contributed by atoms with van der Waals surface area (Å²) in [5.41, 5.74) is 1.36. The van der Waals surface area contributed by atoms with Gasteiger partial charge in [-0.15, -0.1) is 0 Å². The topological polar surface area (TPSA) is 83.7 Å². The molecular weight excluding hydrogens is 272 g/mol. The van der Waals surface area contributed by atoms with Crippen molar-refractivity contribution >= 4 is 17.3 Å². The Hall–Kier alpha value is -2.89. The molecule has 0 spiro atoms. The number of hydrogen-bond acceptors (Lipinski definition) is 4. The van der Waals surface area contributed by atoms with E-state index in [4.69, 9.17) is 0 Å². The fourth-order valence-electron chi connectivity index (χ4n) is 1.98. The highest BCUT2D eigenvalue weighted by Crippen LogP contribution is 2.22. The Bertz CT molecular complexity index is 695. The summed E-state index contributed by atoms with van der Waals surface area (Å²) >= 11 is 0. The highest BCUT2D eigenvalue weighted by Gasteiger charge is 2.17. The second-order valence-corrected chi connectivity index (χ2v) is 4.69. The van der Waals surface area contributed by atoms with Gasteiger partial charge in [0.15, 0.2) is 0 Å². The van der Waals surface area contributed by atoms with Crippen molar-refractivity contribution in [3.63, 3.8) is 0 Å². The molecule has 0 saturated heterocycles. The van der Waals surface area contributed by atoms with Gasteiger partial charge in [-0.05, 0) is 42.8 Å². The Morgan fingerprint density at radius 2 is 1.81 bits per heavy atom. The van der Waals surface area contributed by atoms with Crippen LogP contribution in [0.3, 0.4) is 0 Å². The number of carbonyl (C=O) groups is 1. The number of amides is 1. The van der Waals surface area contributed by atoms with Gasteiger partial charge in [0.05, 0.1) is 4.92 Å². The summed E-state index contributed by atoms with van der Waals surface area (Å²) in [5.74, 6) is -0.252. The van der Waals surface area contributed by atoms with E-state index in [1.54, 1.807) is 32.2 Å². The maximum absolute atomic E-state index is 12.4. The molecule has 0 aromatic heterocycles. The lowest BCUT2D eigenvalue weighted by Gasteiger charge is -2.17. The monoisotopic (exact) mass is 286 g/mol. The summed E-state index contributed by atoms with van der Waals surface area (Å²) < 4.78 is 0. The molecular formula is C15H14N2O4. The minimum absolute atomic E-state index is 0.103. The van der Waals surface area contributed by atoms with E-state index in [1.807, 2.05) is 0 Å². The van der Waals surface area contributed by atoms with Gasteiger partial charge in [0.1, 0.15) is 5.75 Å². The first kappa shape index (κ1) is 14.5. The molecule has 0 aliphatic carbocycles. The van der Waals surface area contributed by atoms with Crippen molar-refractivity contribution in [2.75, 3.05) is 11.9 Å². The van der Waals surface area contributed by atoms with E-state index in [-0.39, 0.29) is 22.9 Å². The summed E-state index contributed by atoms with van der Waals surface area (Å²) in [6.45, 7) is 1.70. The molecule has 6 heteroatoms. The van der Waals surface area contributed by atoms with Crippen LogP contribution in [-0.2, 0) is 0 Å². The van der Waals surface area contributed by atoms with E-state index in [0.717, 1.165) is 0 Å². The second kappa shape index (κ2) is 5.62. The Morgan fingerprint density at radius 1 is 1.19 bits per heavy atom. The standard InChI is InChI=1S/C15H14N2O4/c1-10-7-11(9-13(8-10)17(20)21)15(19)16(2)12-3-5-14(18)6-4-12/h3-9,18H,1-2H3. The van der Waals surface area contributed by atoms with Gasteiger partial charge in [0.25, 0.3) is 11.6 Å². The molecule has 21 heavy (non-hydrogen) atoms. The van der Waals surface area contributed by atoms with Crippen LogP contribution < -0.4 is 4.90 Å². The normalized spacial score (nSPS) is 10.2. The quantitative estimate of drug-likeness (QED) is 0.694. The first-order valence-corrected chi connectivity index (χ1v) is 6.21. The van der Waals surface area contributed by atoms with Gasteiger partial charge in [-0.1, -0.05) is 0 Å². The summed E-state index contributed by atoms with van der Waals surface area (Å²) in [6, 6.07) is 10.4. The first-order valence-electron chi connectivity index (χ1n) is 6.21. The lowest BCUT2D eigenvalue weighted by atomic mass is 10.1. The summed E-state index contributed by atoms with van der Waals surface area (Å²) in [5, 5.41) is 20.1. The summed E-state index contributed by atoms with van der Waals surface area (Å²) in [4.78, 5) is 24.1. The third kappa shape index (κ3) is 3.17. The average Bonchev–Trinajstić information content (AvgIpc) is 2.45. The number of phenols is 1. The third-order valence-electron chi connectivity index (χ3n) is 3.06. The number of rotatable bonds is 3. The number of nitro groups is 1. The SMILES string of the molecule is Cc1cc(C(=O)N(C)c2ccc(O)cc2)cc([N+](=O)[O-])c1. The van der Waals surface area contributed by atoms with E-state index >= 15 is 0 Å². The van der Waals surface area contributed by atoms with Crippen molar-refractivity contribution in [2.24, 2.45) is 0 Å². The Balaban J connectivity index is 2.35. The molecule has 0 bridgehead atoms. The zero-order valence-electron chi connectivity index (χ0n) is 11.6. The van der Waals surface area contributed by atoms with Crippen LogP contribution in [0.1, 0.15) is 15.9 Å². The Kier molecular flexibility index (Phi) is 3.89. The molecule has 0 heterocycles. The first-order chi connectivity index (χ1) is 9.88. The van der Waals surface area contributed by atoms with E-state index in [9.17, 15) is 20.0 Å². The van der Waals surface area contributed by atoms with Crippen LogP contribution in [-0.4, -0.2) is 23.0 Å². The Morgan fingerprint density at radius 3 is 2.38 bits per heavy atom. The van der Waals surface area contributed by atoms with Gasteiger partial charge < -0.3 is 10.0 Å². The largest absolute Gasteiger partial charge is 0.508 e. The number of nitro benzene ring substituents is 1. The van der Waals surface area contributed by atoms with E-state index in [0.29, 0.717) is 11.3 Å². The maximum Gasteiger partial charge on any atom is 0.270 e. The molecule has 1 amide bonds. The fraction of sp³-hybridized carbons (Fsp3) is 0.133. The maximum atomic E-state index is 12.4. The lowest BCUT2D eigenvalue weighted by Crippen LogP contribution is -2.26. The molecule has 0 saturated carbocycles. The van der Waals surface area contributed by atoms with Gasteiger partial charge in [-0.3, -0.25) is 14.9 Å². The Labute approximate surface area is 121 Å². The summed E-state index contributed by atoms with van der Waals surface area (Å²) in [7, 11) is 1.57. The van der Waals surface area contributed by atoms with E-state index in [1.165, 1.54) is 29.2 Å². The molecule has 1 N–H and O–H groups in total. The third-order valence-corrected chi connectivity index (χ3v) is 3.06. The van der Waals surface area contributed by atoms with Crippen LogP contribution >= 0.6 is 0 Å². The van der Waals surface area contributed by atoms with E-state index < -0.39 is 4.92 Å². The minimum Gasteiger partial charge on any atom is -0.508 e. The molecule has 0 unspecified atom stereocenters. The lowest BCUT2D eigenvalue weighted by molar-refractivity contribution is -0.384. The number of non-ortho nitro benzene ring substituents is 1. The number of nitrogens with zero attached hydrogens (tertiary/aromatic N) is 2. The number of phenolic OH excluding ortho intramolecular Hbond substituents is 1. The second-order valence-electron chi connectivity index (χ2n) is 4.69. The highest BCUT2D eigenvalue weighted by atomic mass is 16.6. The predicted molar refractivity (Wildman–Crippen MR) is 78.7 cm³/mol. The van der Waals surface area contributed by atoms with Gasteiger partial charge in [0, 0.05) is 30.4 Å². The molecule has 0 aliphatic heterocycles. The molecule has 0 atom stereocenters. The van der Waals surface area contributed by atoms with Crippen LogP contribution in [0.4, 0.5) is 11.4 Å². The molecule has 0 fully saturated rings. The van der Waals surface area contributed by atoms with Crippen LogP contribution in [0.25, 0.3) is 0 Å². The summed E-state index contributed by atoms with van der Waals surface area (Å²) in [6.07, 6.45) is 0. The smallest absolute Gasteiger partial charge is 0.270 e. The van der Waals surface area contributed by atoms with Crippen LogP contribution in [0, 0.1) is 17.0 Å². The molecule has 0 radical (unpaired) electrons. The molecule has 0 aliphatic rings. The zero-order valence-corrected chi connectivity index (χ0v) is 11.6. The molecule has 6 nitrogen and oxygen atoms in total. The molecule has 2 aromatic rings. The molecule has 2 rings (SSSR count). The van der Waals surface area contributed by atoms with E-state index in [2.05, 4.69) is 0 Å². The van der Waals surface area contributed by atoms with Crippen molar-refractivity contribution in [2.45, 2.75) is 6.92 Å². The van der Waals surface area contributed by atoms with Gasteiger partial charge in [-0.25, -0.2) is 0 Å². The van der Waals surface area contributed by atoms with Crippen LogP contribution in [0.5, 0.6) is 5.75 Å². The molecule has 108 valence electrons. The number of aromatic hydroxyl groups is 1. The zero-order chi connectivity index (χ0) is 15.6. The number of aryl methyl sites for hydroxylation is 1. The number of carbonyl (C=O) groups excluding carboxylic acids is 1. The number of benzene rings is 2. The van der Waals surface area contributed by atoms with Crippen molar-refractivity contribution in [3.05, 3.63) is 63.7 Å². The average molecular weight is 286 g/mol. The van der Waals surface area contributed by atoms with Crippen LogP contribution in [0.15, 0.2) is 42.5 Å². The van der Waals surface area contributed by atoms with Crippen molar-refractivity contribution < 1.29 is 14.8 Å². The minimum atomic E-state index is -0.523. The van der Waals surface area contributed by atoms with Crippen molar-refractivity contribution in [3.8, 4) is 5.75 Å². The van der Waals surface area contributed by atoms with Crippen molar-refractivity contribution in [1.82, 2.24) is 0 Å². The van der Waals surface area contributed by atoms with Gasteiger partial charge in [0.2, 0.25) is 0 Å². The fourth-order valence-corrected chi connectivity index (χ4v) is 1.98. The highest BCUT2D eigenvalue weighted by molar-refractivity contribution is 6.06.